The normalized spacial score (nSPS) is 9.77. The third-order valence-corrected chi connectivity index (χ3v) is 1.77. The van der Waals surface area contributed by atoms with E-state index in [1.807, 2.05) is 26.0 Å². The monoisotopic (exact) mass is 180 g/mol. The number of aryl methyl sites for hydroxylation is 2. The molecule has 0 aliphatic carbocycles. The van der Waals surface area contributed by atoms with Gasteiger partial charge in [-0.15, -0.1) is 0 Å². The molecule has 13 heavy (non-hydrogen) atoms. The van der Waals surface area contributed by atoms with Crippen molar-refractivity contribution in [1.82, 2.24) is 0 Å². The topological polar surface area (TPSA) is 35.5 Å². The van der Waals surface area contributed by atoms with Crippen LogP contribution in [0.2, 0.25) is 0 Å². The molecule has 0 radical (unpaired) electrons. The molecule has 1 aromatic carbocycles. The summed E-state index contributed by atoms with van der Waals surface area (Å²) >= 11 is 0. The van der Waals surface area contributed by atoms with Crippen LogP contribution < -0.4 is 0 Å². The van der Waals surface area contributed by atoms with Crippen LogP contribution in [0, 0.1) is 13.8 Å². The molecule has 0 bridgehead atoms. The van der Waals surface area contributed by atoms with Crippen LogP contribution in [0.1, 0.15) is 21.5 Å². The maximum atomic E-state index is 11.3. The van der Waals surface area contributed by atoms with Crippen molar-refractivity contribution in [1.29, 1.82) is 0 Å². The summed E-state index contributed by atoms with van der Waals surface area (Å²) in [5.74, 6) is -0.455. The zero-order chi connectivity index (χ0) is 9.84. The molecule has 0 unspecified atom stereocenters. The molecule has 0 aromatic heterocycles. The first kappa shape index (κ1) is 9.74. The largest absolute Gasteiger partial charge is 0.373 e. The summed E-state index contributed by atoms with van der Waals surface area (Å²) in [4.78, 5) is 20.0. The van der Waals surface area contributed by atoms with Gasteiger partial charge in [0.1, 0.15) is 0 Å². The molecule has 0 N–H and O–H groups in total. The van der Waals surface area contributed by atoms with Crippen LogP contribution in [0.3, 0.4) is 0 Å². The van der Waals surface area contributed by atoms with Crippen molar-refractivity contribution in [3.05, 3.63) is 34.9 Å². The lowest BCUT2D eigenvalue weighted by Gasteiger charge is -2.04. The molecule has 0 fully saturated rings. The van der Waals surface area contributed by atoms with E-state index in [0.717, 1.165) is 11.1 Å². The highest BCUT2D eigenvalue weighted by molar-refractivity contribution is 5.90. The Labute approximate surface area is 77.2 Å². The highest BCUT2D eigenvalue weighted by Crippen LogP contribution is 2.11. The van der Waals surface area contributed by atoms with Gasteiger partial charge in [0.25, 0.3) is 0 Å². The van der Waals surface area contributed by atoms with Gasteiger partial charge in [-0.2, -0.15) is 4.89 Å². The van der Waals surface area contributed by atoms with E-state index in [-0.39, 0.29) is 0 Å². The Bertz CT molecular complexity index is 318. The van der Waals surface area contributed by atoms with E-state index in [1.54, 1.807) is 6.07 Å². The van der Waals surface area contributed by atoms with E-state index in [4.69, 9.17) is 0 Å². The molecule has 0 amide bonds. The number of carbonyl (C=O) groups excluding carboxylic acids is 1. The van der Waals surface area contributed by atoms with Gasteiger partial charge in [-0.25, -0.2) is 4.79 Å². The number of rotatable bonds is 2. The Hall–Kier alpha value is -1.35. The number of benzene rings is 1. The van der Waals surface area contributed by atoms with Crippen LogP contribution >= 0.6 is 0 Å². The van der Waals surface area contributed by atoms with Crippen molar-refractivity contribution in [3.8, 4) is 0 Å². The highest BCUT2D eigenvalue weighted by atomic mass is 17.2. The van der Waals surface area contributed by atoms with Gasteiger partial charge in [0.05, 0.1) is 12.7 Å². The van der Waals surface area contributed by atoms with Crippen LogP contribution in [-0.4, -0.2) is 13.1 Å². The smallest absolute Gasteiger partial charge is 0.293 e. The van der Waals surface area contributed by atoms with E-state index in [2.05, 4.69) is 9.78 Å². The summed E-state index contributed by atoms with van der Waals surface area (Å²) in [7, 11) is 1.31. The number of hydrogen-bond donors (Lipinski definition) is 0. The van der Waals surface area contributed by atoms with Gasteiger partial charge < -0.3 is 0 Å². The number of carbonyl (C=O) groups is 1. The van der Waals surface area contributed by atoms with Crippen LogP contribution in [0.5, 0.6) is 0 Å². The maximum absolute atomic E-state index is 11.3. The molecule has 0 aliphatic rings. The highest BCUT2D eigenvalue weighted by Gasteiger charge is 2.10. The molecule has 0 saturated carbocycles. The van der Waals surface area contributed by atoms with Crippen molar-refractivity contribution >= 4 is 5.97 Å². The van der Waals surface area contributed by atoms with Crippen molar-refractivity contribution in [2.45, 2.75) is 13.8 Å². The van der Waals surface area contributed by atoms with Crippen LogP contribution in [0.4, 0.5) is 0 Å². The summed E-state index contributed by atoms with van der Waals surface area (Å²) in [5, 5.41) is 0. The van der Waals surface area contributed by atoms with Gasteiger partial charge in [0.15, 0.2) is 0 Å². The quantitative estimate of drug-likeness (QED) is 0.516. The van der Waals surface area contributed by atoms with E-state index in [9.17, 15) is 4.79 Å². The molecule has 0 heterocycles. The minimum atomic E-state index is -0.455. The SMILES string of the molecule is COOC(=O)c1cc(C)ccc1C. The molecular formula is C10H12O3. The second-order valence-corrected chi connectivity index (χ2v) is 2.86. The van der Waals surface area contributed by atoms with Crippen LogP contribution in [-0.2, 0) is 9.78 Å². The van der Waals surface area contributed by atoms with Gasteiger partial charge in [-0.3, -0.25) is 4.89 Å². The first-order valence-electron chi connectivity index (χ1n) is 3.97. The average molecular weight is 180 g/mol. The fraction of sp³-hybridized carbons (Fsp3) is 0.300. The molecule has 1 aromatic rings. The molecular weight excluding hydrogens is 168 g/mol. The van der Waals surface area contributed by atoms with Gasteiger partial charge >= 0.3 is 5.97 Å². The first-order chi connectivity index (χ1) is 6.15. The molecule has 0 spiro atoms. The minimum absolute atomic E-state index is 0.455. The van der Waals surface area contributed by atoms with E-state index < -0.39 is 5.97 Å². The predicted molar refractivity (Wildman–Crippen MR) is 48.3 cm³/mol. The second-order valence-electron chi connectivity index (χ2n) is 2.86. The lowest BCUT2D eigenvalue weighted by Crippen LogP contribution is -2.06. The Morgan fingerprint density at radius 2 is 2.00 bits per heavy atom. The molecule has 3 heteroatoms. The second kappa shape index (κ2) is 4.05. The maximum Gasteiger partial charge on any atom is 0.373 e. The standard InChI is InChI=1S/C10H12O3/c1-7-4-5-8(2)9(6-7)10(11)13-12-3/h4-6H,1-3H3. The number of hydrogen-bond acceptors (Lipinski definition) is 3. The summed E-state index contributed by atoms with van der Waals surface area (Å²) in [5.41, 5.74) is 2.45. The lowest BCUT2D eigenvalue weighted by molar-refractivity contribution is -0.216. The Kier molecular flexibility index (Phi) is 3.03. The Morgan fingerprint density at radius 1 is 1.31 bits per heavy atom. The molecule has 0 atom stereocenters. The summed E-state index contributed by atoms with van der Waals surface area (Å²) in [6.45, 7) is 3.77. The van der Waals surface area contributed by atoms with Crippen LogP contribution in [0.25, 0.3) is 0 Å². The van der Waals surface area contributed by atoms with Crippen LogP contribution in [0.15, 0.2) is 18.2 Å². The van der Waals surface area contributed by atoms with Crippen molar-refractivity contribution in [3.63, 3.8) is 0 Å². The molecule has 1 rings (SSSR count). The van der Waals surface area contributed by atoms with Gasteiger partial charge in [-0.05, 0) is 25.5 Å². The van der Waals surface area contributed by atoms with E-state index in [1.165, 1.54) is 7.11 Å². The Morgan fingerprint density at radius 3 is 2.62 bits per heavy atom. The van der Waals surface area contributed by atoms with Crippen molar-refractivity contribution in [2.24, 2.45) is 0 Å². The lowest BCUT2D eigenvalue weighted by atomic mass is 10.1. The zero-order valence-corrected chi connectivity index (χ0v) is 7.96. The summed E-state index contributed by atoms with van der Waals surface area (Å²) in [6, 6.07) is 5.59. The molecule has 70 valence electrons. The van der Waals surface area contributed by atoms with Gasteiger partial charge in [-0.1, -0.05) is 17.7 Å². The third-order valence-electron chi connectivity index (χ3n) is 1.77. The van der Waals surface area contributed by atoms with Crippen molar-refractivity contribution < 1.29 is 14.6 Å². The zero-order valence-electron chi connectivity index (χ0n) is 7.96. The minimum Gasteiger partial charge on any atom is -0.293 e. The average Bonchev–Trinajstić information content (AvgIpc) is 2.09. The van der Waals surface area contributed by atoms with E-state index in [0.29, 0.717) is 5.56 Å². The summed E-state index contributed by atoms with van der Waals surface area (Å²) < 4.78 is 0. The Balaban J connectivity index is 2.99. The first-order valence-corrected chi connectivity index (χ1v) is 3.97. The fourth-order valence-corrected chi connectivity index (χ4v) is 1.08. The third kappa shape index (κ3) is 2.29. The fourth-order valence-electron chi connectivity index (χ4n) is 1.08. The van der Waals surface area contributed by atoms with Gasteiger partial charge in [0, 0.05) is 0 Å². The molecule has 0 saturated heterocycles. The predicted octanol–water partition coefficient (Wildman–Crippen LogP) is 2.02. The van der Waals surface area contributed by atoms with E-state index >= 15 is 0 Å². The van der Waals surface area contributed by atoms with Crippen molar-refractivity contribution in [2.75, 3.05) is 7.11 Å². The van der Waals surface area contributed by atoms with Gasteiger partial charge in [0.2, 0.25) is 0 Å². The molecule has 0 aliphatic heterocycles. The molecule has 3 nitrogen and oxygen atoms in total. The summed E-state index contributed by atoms with van der Waals surface area (Å²) in [6.07, 6.45) is 0.